The number of ether oxygens (including phenoxy) is 1. The van der Waals surface area contributed by atoms with E-state index < -0.39 is 39.1 Å². The van der Waals surface area contributed by atoms with Gasteiger partial charge in [-0.3, -0.25) is 0 Å². The van der Waals surface area contributed by atoms with Gasteiger partial charge in [0.1, 0.15) is 22.5 Å². The van der Waals surface area contributed by atoms with E-state index >= 15 is 0 Å². The molecule has 1 aromatic heterocycles. The average molecular weight is 545 g/mol. The number of aromatic amines is 1. The fourth-order valence-electron chi connectivity index (χ4n) is 4.28. The first-order valence-electron chi connectivity index (χ1n) is 10.6. The second-order valence-electron chi connectivity index (χ2n) is 8.67. The van der Waals surface area contributed by atoms with Crippen LogP contribution in [0.1, 0.15) is 54.8 Å². The van der Waals surface area contributed by atoms with Crippen molar-refractivity contribution in [2.45, 2.75) is 49.6 Å². The zero-order valence-electron chi connectivity index (χ0n) is 19.0. The van der Waals surface area contributed by atoms with Gasteiger partial charge in [-0.1, -0.05) is 30.1 Å². The lowest BCUT2D eigenvalue weighted by Crippen LogP contribution is -2.40. The largest absolute Gasteiger partial charge is 0.492 e. The standard InChI is InChI=1S/C22H23Cl2FN4O5S/c1-10-14(25)6-4-12(23)16(10)11(2)18(20-27-28-21(30)34-20)29-35(31,32)15-7-5-13(24)17-19(15)33-9-8-22(17,3)26/h4-7,11,18,29H,8-9,26H2,1-3H3,(H,28,30). The molecule has 35 heavy (non-hydrogen) atoms. The van der Waals surface area contributed by atoms with Gasteiger partial charge in [0.05, 0.1) is 6.61 Å². The lowest BCUT2D eigenvalue weighted by Gasteiger charge is -2.34. The van der Waals surface area contributed by atoms with E-state index in [9.17, 15) is 17.6 Å². The number of fused-ring (bicyclic) bond motifs is 1. The Hall–Kier alpha value is -2.44. The number of sulfonamides is 1. The molecule has 3 aromatic rings. The van der Waals surface area contributed by atoms with E-state index in [1.807, 2.05) is 0 Å². The van der Waals surface area contributed by atoms with Crippen molar-refractivity contribution < 1.29 is 22.0 Å². The van der Waals surface area contributed by atoms with Crippen molar-refractivity contribution in [2.75, 3.05) is 6.61 Å². The number of hydrogen-bond acceptors (Lipinski definition) is 7. The fraction of sp³-hybridized carbons (Fsp3) is 0.364. The second-order valence-corrected chi connectivity index (χ2v) is 11.2. The summed E-state index contributed by atoms with van der Waals surface area (Å²) in [5.74, 6) is -2.43. The van der Waals surface area contributed by atoms with Gasteiger partial charge in [-0.05, 0) is 49.2 Å². The summed E-state index contributed by atoms with van der Waals surface area (Å²) in [5.41, 5.74) is 6.38. The van der Waals surface area contributed by atoms with Gasteiger partial charge < -0.3 is 14.9 Å². The van der Waals surface area contributed by atoms with Gasteiger partial charge in [0, 0.05) is 33.5 Å². The molecule has 13 heteroatoms. The molecule has 0 spiro atoms. The molecule has 0 amide bonds. The molecule has 9 nitrogen and oxygen atoms in total. The number of hydrogen-bond donors (Lipinski definition) is 3. The Morgan fingerprint density at radius 3 is 2.60 bits per heavy atom. The number of H-pyrrole nitrogens is 1. The zero-order valence-corrected chi connectivity index (χ0v) is 21.3. The van der Waals surface area contributed by atoms with Crippen molar-refractivity contribution in [3.05, 3.63) is 73.3 Å². The van der Waals surface area contributed by atoms with Gasteiger partial charge in [0.2, 0.25) is 15.9 Å². The van der Waals surface area contributed by atoms with Crippen LogP contribution < -0.4 is 20.9 Å². The fourth-order valence-corrected chi connectivity index (χ4v) is 6.44. The third-order valence-corrected chi connectivity index (χ3v) is 8.26. The Balaban J connectivity index is 1.84. The quantitative estimate of drug-likeness (QED) is 0.427. The number of benzene rings is 2. The van der Waals surface area contributed by atoms with Gasteiger partial charge in [0.15, 0.2) is 0 Å². The smallest absolute Gasteiger partial charge is 0.434 e. The number of aromatic nitrogens is 2. The molecule has 0 saturated heterocycles. The van der Waals surface area contributed by atoms with Gasteiger partial charge >= 0.3 is 5.76 Å². The van der Waals surface area contributed by atoms with Crippen LogP contribution >= 0.6 is 23.2 Å². The van der Waals surface area contributed by atoms with Crippen LogP contribution in [0.15, 0.2) is 38.4 Å². The zero-order chi connectivity index (χ0) is 25.7. The molecular formula is C22H23Cl2FN4O5S. The molecule has 188 valence electrons. The summed E-state index contributed by atoms with van der Waals surface area (Å²) in [4.78, 5) is 11.5. The normalized spacial score (nSPS) is 19.6. The van der Waals surface area contributed by atoms with E-state index in [0.29, 0.717) is 17.5 Å². The maximum atomic E-state index is 14.4. The van der Waals surface area contributed by atoms with Crippen LogP contribution in [-0.4, -0.2) is 25.2 Å². The summed E-state index contributed by atoms with van der Waals surface area (Å²) in [5, 5.41) is 6.41. The molecule has 0 radical (unpaired) electrons. The van der Waals surface area contributed by atoms with Crippen molar-refractivity contribution in [1.82, 2.24) is 14.9 Å². The monoisotopic (exact) mass is 544 g/mol. The molecule has 4 rings (SSSR count). The number of nitrogens with zero attached hydrogens (tertiary/aromatic N) is 1. The molecule has 1 aliphatic heterocycles. The van der Waals surface area contributed by atoms with Crippen molar-refractivity contribution in [1.29, 1.82) is 0 Å². The van der Waals surface area contributed by atoms with Crippen LogP contribution in [0.5, 0.6) is 5.75 Å². The van der Waals surface area contributed by atoms with Crippen LogP contribution in [0.3, 0.4) is 0 Å². The Morgan fingerprint density at radius 1 is 1.26 bits per heavy atom. The Kier molecular flexibility index (Phi) is 6.75. The van der Waals surface area contributed by atoms with Crippen molar-refractivity contribution in [3.63, 3.8) is 0 Å². The third-order valence-electron chi connectivity index (χ3n) is 6.15. The Labute approximate surface area is 210 Å². The Bertz CT molecular complexity index is 1450. The van der Waals surface area contributed by atoms with Crippen molar-refractivity contribution >= 4 is 33.2 Å². The van der Waals surface area contributed by atoms with Crippen LogP contribution in [0.25, 0.3) is 0 Å². The molecule has 0 saturated carbocycles. The highest BCUT2D eigenvalue weighted by Gasteiger charge is 2.39. The van der Waals surface area contributed by atoms with Gasteiger partial charge in [-0.15, -0.1) is 5.10 Å². The summed E-state index contributed by atoms with van der Waals surface area (Å²) in [6.45, 7) is 5.06. The molecule has 2 heterocycles. The van der Waals surface area contributed by atoms with Gasteiger partial charge in [0.25, 0.3) is 0 Å². The van der Waals surface area contributed by atoms with Crippen LogP contribution in [0.2, 0.25) is 10.0 Å². The maximum Gasteiger partial charge on any atom is 0.434 e. The number of nitrogens with one attached hydrogen (secondary N) is 2. The molecule has 3 unspecified atom stereocenters. The third kappa shape index (κ3) is 4.70. The van der Waals surface area contributed by atoms with Crippen LogP contribution in [0, 0.1) is 12.7 Å². The highest BCUT2D eigenvalue weighted by atomic mass is 35.5. The minimum atomic E-state index is -4.34. The summed E-state index contributed by atoms with van der Waals surface area (Å²) in [7, 11) is -4.34. The maximum absolute atomic E-state index is 14.4. The summed E-state index contributed by atoms with van der Waals surface area (Å²) >= 11 is 12.7. The molecular weight excluding hydrogens is 522 g/mol. The van der Waals surface area contributed by atoms with Crippen LogP contribution in [0.4, 0.5) is 4.39 Å². The van der Waals surface area contributed by atoms with Crippen molar-refractivity contribution in [3.8, 4) is 5.75 Å². The first-order chi connectivity index (χ1) is 16.3. The van der Waals surface area contributed by atoms with Crippen molar-refractivity contribution in [2.24, 2.45) is 5.73 Å². The molecule has 0 fully saturated rings. The molecule has 0 aliphatic carbocycles. The second kappa shape index (κ2) is 9.21. The first kappa shape index (κ1) is 25.6. The number of rotatable bonds is 6. The van der Waals surface area contributed by atoms with Gasteiger partial charge in [-0.2, -0.15) is 4.72 Å². The van der Waals surface area contributed by atoms with E-state index in [4.69, 9.17) is 38.1 Å². The first-order valence-corrected chi connectivity index (χ1v) is 12.8. The highest BCUT2D eigenvalue weighted by Crippen LogP contribution is 2.44. The topological polar surface area (TPSA) is 140 Å². The summed E-state index contributed by atoms with van der Waals surface area (Å²) < 4.78 is 55.0. The van der Waals surface area contributed by atoms with E-state index in [-0.39, 0.29) is 38.8 Å². The Morgan fingerprint density at radius 2 is 1.94 bits per heavy atom. The van der Waals surface area contributed by atoms with E-state index in [1.54, 1.807) is 13.8 Å². The molecule has 4 N–H and O–H groups in total. The predicted octanol–water partition coefficient (Wildman–Crippen LogP) is 3.90. The lowest BCUT2D eigenvalue weighted by atomic mass is 9.87. The number of nitrogens with two attached hydrogens (primary N) is 1. The number of halogens is 3. The summed E-state index contributed by atoms with van der Waals surface area (Å²) in [6.07, 6.45) is 0.437. The predicted molar refractivity (Wildman–Crippen MR) is 128 cm³/mol. The molecule has 2 aromatic carbocycles. The minimum Gasteiger partial charge on any atom is -0.492 e. The van der Waals surface area contributed by atoms with E-state index in [0.717, 1.165) is 0 Å². The average Bonchev–Trinajstić information content (AvgIpc) is 3.20. The van der Waals surface area contributed by atoms with E-state index in [1.165, 1.54) is 31.2 Å². The summed E-state index contributed by atoms with van der Waals surface area (Å²) in [6, 6.07) is 4.07. The van der Waals surface area contributed by atoms with Crippen LogP contribution in [-0.2, 0) is 15.6 Å². The van der Waals surface area contributed by atoms with E-state index in [2.05, 4.69) is 14.9 Å². The molecule has 1 aliphatic rings. The SMILES string of the molecule is Cc1c(F)ccc(Cl)c1C(C)C(NS(=O)(=O)c1ccc(Cl)c2c1OCCC2(C)N)c1n[nH]c(=O)o1. The molecule has 0 bridgehead atoms. The molecule has 3 atom stereocenters. The lowest BCUT2D eigenvalue weighted by molar-refractivity contribution is 0.221. The van der Waals surface area contributed by atoms with Gasteiger partial charge in [-0.25, -0.2) is 22.7 Å². The highest BCUT2D eigenvalue weighted by molar-refractivity contribution is 7.89. The minimum absolute atomic E-state index is 0.0381.